The number of nitrogens with zero attached hydrogens (tertiary/aromatic N) is 1. The van der Waals surface area contributed by atoms with Crippen molar-refractivity contribution in [2.75, 3.05) is 6.61 Å². The summed E-state index contributed by atoms with van der Waals surface area (Å²) >= 11 is 0. The summed E-state index contributed by atoms with van der Waals surface area (Å²) in [5, 5.41) is 9.98. The van der Waals surface area contributed by atoms with Crippen LogP contribution in [-0.2, 0) is 22.7 Å². The number of H-pyrrole nitrogens is 1. The average molecular weight is 403 g/mol. The SMILES string of the molecule is N[C@@H]1[C@H](O)[C@@H](COP(=O)(O)OP(=O)(O)O)O[C@H]1n1ccc(=O)[nH]c1=O. The molecule has 1 fully saturated rings. The second-order valence-electron chi connectivity index (χ2n) is 4.99. The lowest BCUT2D eigenvalue weighted by Crippen LogP contribution is -2.43. The molecule has 25 heavy (non-hydrogen) atoms. The van der Waals surface area contributed by atoms with Crippen LogP contribution < -0.4 is 17.0 Å². The van der Waals surface area contributed by atoms with E-state index < -0.39 is 58.0 Å². The van der Waals surface area contributed by atoms with Gasteiger partial charge in [-0.1, -0.05) is 0 Å². The molecular weight excluding hydrogens is 388 g/mol. The van der Waals surface area contributed by atoms with E-state index in [0.717, 1.165) is 16.8 Å². The first-order valence-corrected chi connectivity index (χ1v) is 9.57. The van der Waals surface area contributed by atoms with Gasteiger partial charge in [-0.25, -0.2) is 13.9 Å². The highest BCUT2D eigenvalue weighted by Crippen LogP contribution is 2.57. The number of phosphoric ester groups is 1. The van der Waals surface area contributed by atoms with Gasteiger partial charge in [0.25, 0.3) is 5.56 Å². The summed E-state index contributed by atoms with van der Waals surface area (Å²) in [6.07, 6.45) is -2.93. The van der Waals surface area contributed by atoms with Gasteiger partial charge in [-0.3, -0.25) is 18.9 Å². The number of rotatable bonds is 6. The third kappa shape index (κ3) is 5.15. The lowest BCUT2D eigenvalue weighted by atomic mass is 10.1. The number of aliphatic hydroxyl groups excluding tert-OH is 1. The number of hydrogen-bond donors (Lipinski definition) is 6. The maximum atomic E-state index is 11.7. The summed E-state index contributed by atoms with van der Waals surface area (Å²) in [5.74, 6) is 0. The van der Waals surface area contributed by atoms with E-state index in [1.807, 2.05) is 4.98 Å². The van der Waals surface area contributed by atoms with Crippen LogP contribution in [0.2, 0.25) is 0 Å². The quantitative estimate of drug-likeness (QED) is 0.268. The molecule has 5 atom stereocenters. The van der Waals surface area contributed by atoms with Crippen molar-refractivity contribution in [2.45, 2.75) is 24.5 Å². The van der Waals surface area contributed by atoms with Crippen LogP contribution in [0.5, 0.6) is 0 Å². The Morgan fingerprint density at radius 3 is 2.52 bits per heavy atom. The number of ether oxygens (including phenoxy) is 1. The lowest BCUT2D eigenvalue weighted by Gasteiger charge is -2.18. The monoisotopic (exact) mass is 403 g/mol. The maximum Gasteiger partial charge on any atom is 0.481 e. The molecule has 2 rings (SSSR count). The Balaban J connectivity index is 2.09. The second-order valence-corrected chi connectivity index (χ2v) is 7.82. The number of aliphatic hydroxyl groups is 1. The fourth-order valence-electron chi connectivity index (χ4n) is 2.11. The average Bonchev–Trinajstić information content (AvgIpc) is 2.71. The van der Waals surface area contributed by atoms with E-state index in [-0.39, 0.29) is 0 Å². The summed E-state index contributed by atoms with van der Waals surface area (Å²) in [5.41, 5.74) is 4.20. The van der Waals surface area contributed by atoms with Crippen molar-refractivity contribution in [3.8, 4) is 0 Å². The number of aromatic amines is 1. The maximum absolute atomic E-state index is 11.7. The minimum absolute atomic E-state index is 0.663. The van der Waals surface area contributed by atoms with Crippen LogP contribution in [0.1, 0.15) is 6.23 Å². The molecule has 0 spiro atoms. The topological polar surface area (TPSA) is 224 Å². The Hall–Kier alpha value is -1.18. The third-order valence-corrected chi connectivity index (χ3v) is 5.31. The third-order valence-electron chi connectivity index (χ3n) is 3.16. The fourth-order valence-corrected chi connectivity index (χ4v) is 3.71. The molecular formula is C9H15N3O11P2. The Bertz CT molecular complexity index is 831. The summed E-state index contributed by atoms with van der Waals surface area (Å²) in [6.45, 7) is -0.822. The first-order valence-electron chi connectivity index (χ1n) is 6.54. The summed E-state index contributed by atoms with van der Waals surface area (Å²) in [4.78, 5) is 50.9. The molecule has 1 aromatic rings. The molecule has 0 amide bonds. The van der Waals surface area contributed by atoms with Crippen LogP contribution in [0.4, 0.5) is 0 Å². The van der Waals surface area contributed by atoms with E-state index in [9.17, 15) is 28.7 Å². The van der Waals surface area contributed by atoms with Gasteiger partial charge in [0, 0.05) is 12.3 Å². The van der Waals surface area contributed by atoms with Gasteiger partial charge in [-0.2, -0.15) is 4.31 Å². The summed E-state index contributed by atoms with van der Waals surface area (Å²) < 4.78 is 36.0. The van der Waals surface area contributed by atoms with Gasteiger partial charge < -0.3 is 30.3 Å². The Kier molecular flexibility index (Phi) is 5.81. The van der Waals surface area contributed by atoms with Crippen LogP contribution in [0, 0.1) is 0 Å². The second kappa shape index (κ2) is 7.21. The molecule has 7 N–H and O–H groups in total. The first-order chi connectivity index (χ1) is 11.4. The van der Waals surface area contributed by atoms with Crippen LogP contribution in [0.15, 0.2) is 21.9 Å². The van der Waals surface area contributed by atoms with Crippen LogP contribution in [0.25, 0.3) is 0 Å². The molecule has 0 bridgehead atoms. The highest BCUT2D eigenvalue weighted by Gasteiger charge is 2.44. The van der Waals surface area contributed by atoms with E-state index in [4.69, 9.17) is 20.3 Å². The first kappa shape index (κ1) is 20.1. The van der Waals surface area contributed by atoms with E-state index >= 15 is 0 Å². The van der Waals surface area contributed by atoms with Gasteiger partial charge in [-0.05, 0) is 0 Å². The molecule has 1 unspecified atom stereocenters. The fraction of sp³-hybridized carbons (Fsp3) is 0.556. The molecule has 14 nitrogen and oxygen atoms in total. The largest absolute Gasteiger partial charge is 0.481 e. The van der Waals surface area contributed by atoms with E-state index in [1.54, 1.807) is 0 Å². The zero-order valence-electron chi connectivity index (χ0n) is 12.2. The van der Waals surface area contributed by atoms with Gasteiger partial charge in [0.2, 0.25) is 0 Å². The predicted octanol–water partition coefficient (Wildman–Crippen LogP) is -2.65. The molecule has 142 valence electrons. The van der Waals surface area contributed by atoms with Crippen molar-refractivity contribution in [3.63, 3.8) is 0 Å². The predicted molar refractivity (Wildman–Crippen MR) is 78.1 cm³/mol. The number of hydrogen-bond acceptors (Lipinski definition) is 9. The highest BCUT2D eigenvalue weighted by molar-refractivity contribution is 7.60. The Labute approximate surface area is 138 Å². The van der Waals surface area contributed by atoms with Gasteiger partial charge in [0.15, 0.2) is 6.23 Å². The van der Waals surface area contributed by atoms with Gasteiger partial charge in [-0.15, -0.1) is 0 Å². The van der Waals surface area contributed by atoms with E-state index in [2.05, 4.69) is 8.83 Å². The smallest absolute Gasteiger partial charge is 0.389 e. The molecule has 1 aromatic heterocycles. The summed E-state index contributed by atoms with van der Waals surface area (Å²) in [7, 11) is -10.4. The Morgan fingerprint density at radius 1 is 1.32 bits per heavy atom. The molecule has 0 radical (unpaired) electrons. The minimum atomic E-state index is -5.29. The molecule has 16 heteroatoms. The standard InChI is InChI=1S/C9H15N3O11P2/c10-6-7(14)4(3-21-25(19,20)23-24(16,17)18)22-8(6)12-2-1-5(13)11-9(12)15/h1-2,4,6-8,14H,3,10H2,(H,19,20)(H,11,13,15)(H2,16,17,18)/t4-,6-,7-,8-/m1/s1. The summed E-state index contributed by atoms with van der Waals surface area (Å²) in [6, 6.07) is -0.151. The number of aromatic nitrogens is 2. The minimum Gasteiger partial charge on any atom is -0.389 e. The van der Waals surface area contributed by atoms with Crippen molar-refractivity contribution in [1.82, 2.24) is 9.55 Å². The molecule has 0 saturated carbocycles. The number of nitrogens with two attached hydrogens (primary N) is 1. The normalized spacial score (nSPS) is 29.5. The van der Waals surface area contributed by atoms with E-state index in [0.29, 0.717) is 0 Å². The van der Waals surface area contributed by atoms with Crippen molar-refractivity contribution in [2.24, 2.45) is 5.73 Å². The number of phosphoric acid groups is 2. The molecule has 0 aromatic carbocycles. The van der Waals surface area contributed by atoms with Gasteiger partial charge in [0.05, 0.1) is 12.6 Å². The molecule has 1 saturated heterocycles. The van der Waals surface area contributed by atoms with Crippen molar-refractivity contribution < 1.29 is 42.5 Å². The molecule has 1 aliphatic rings. The van der Waals surface area contributed by atoms with Crippen LogP contribution >= 0.6 is 15.6 Å². The van der Waals surface area contributed by atoms with Crippen molar-refractivity contribution >= 4 is 15.6 Å². The lowest BCUT2D eigenvalue weighted by molar-refractivity contribution is -0.0455. The van der Waals surface area contributed by atoms with Crippen LogP contribution in [0.3, 0.4) is 0 Å². The van der Waals surface area contributed by atoms with Gasteiger partial charge in [0.1, 0.15) is 12.2 Å². The molecule has 0 aliphatic carbocycles. The Morgan fingerprint density at radius 2 is 1.96 bits per heavy atom. The van der Waals surface area contributed by atoms with E-state index in [1.165, 1.54) is 0 Å². The molecule has 1 aliphatic heterocycles. The van der Waals surface area contributed by atoms with Crippen molar-refractivity contribution in [3.05, 3.63) is 33.1 Å². The zero-order valence-corrected chi connectivity index (χ0v) is 14.0. The number of nitrogens with one attached hydrogen (secondary N) is 1. The van der Waals surface area contributed by atoms with Gasteiger partial charge >= 0.3 is 21.3 Å². The van der Waals surface area contributed by atoms with Crippen LogP contribution in [-0.4, -0.2) is 54.2 Å². The molecule has 2 heterocycles. The zero-order chi connectivity index (χ0) is 19.0. The highest BCUT2D eigenvalue weighted by atomic mass is 31.3. The van der Waals surface area contributed by atoms with Crippen molar-refractivity contribution in [1.29, 1.82) is 0 Å².